The molecule has 1 N–H and O–H groups in total. The van der Waals surface area contributed by atoms with E-state index >= 15 is 0 Å². The summed E-state index contributed by atoms with van der Waals surface area (Å²) in [7, 11) is 0. The lowest BCUT2D eigenvalue weighted by Gasteiger charge is -2.23. The number of hydrogen-bond acceptors (Lipinski definition) is 3. The Morgan fingerprint density at radius 3 is 2.79 bits per heavy atom. The predicted molar refractivity (Wildman–Crippen MR) is 70.2 cm³/mol. The molecule has 4 heteroatoms. The van der Waals surface area contributed by atoms with Gasteiger partial charge in [-0.2, -0.15) is 0 Å². The smallest absolute Gasteiger partial charge is 0.354 e. The molecule has 0 amide bonds. The van der Waals surface area contributed by atoms with Gasteiger partial charge in [0, 0.05) is 12.1 Å². The fraction of sp³-hybridized carbons (Fsp3) is 0.267. The average Bonchev–Trinajstić information content (AvgIpc) is 2.47. The quantitative estimate of drug-likeness (QED) is 0.894. The first-order valence-corrected chi connectivity index (χ1v) is 6.37. The first-order valence-electron chi connectivity index (χ1n) is 6.37. The third kappa shape index (κ3) is 2.34. The van der Waals surface area contributed by atoms with Crippen molar-refractivity contribution in [1.82, 2.24) is 9.97 Å². The molecule has 0 radical (unpaired) electrons. The molecule has 4 nitrogen and oxygen atoms in total. The van der Waals surface area contributed by atoms with Crippen LogP contribution < -0.4 is 0 Å². The molecule has 1 unspecified atom stereocenters. The summed E-state index contributed by atoms with van der Waals surface area (Å²) in [6, 6.07) is 9.81. The van der Waals surface area contributed by atoms with E-state index in [2.05, 4.69) is 28.2 Å². The topological polar surface area (TPSA) is 63.1 Å². The fourth-order valence-corrected chi connectivity index (χ4v) is 2.61. The maximum absolute atomic E-state index is 10.9. The van der Waals surface area contributed by atoms with E-state index in [0.717, 1.165) is 19.3 Å². The van der Waals surface area contributed by atoms with Gasteiger partial charge in [0.25, 0.3) is 0 Å². The molecule has 1 heterocycles. The summed E-state index contributed by atoms with van der Waals surface area (Å²) in [6.45, 7) is 0. The van der Waals surface area contributed by atoms with Crippen LogP contribution in [0, 0.1) is 0 Å². The van der Waals surface area contributed by atoms with Crippen LogP contribution in [-0.4, -0.2) is 21.0 Å². The molecule has 0 fully saturated rings. The second-order valence-corrected chi connectivity index (χ2v) is 4.81. The fourth-order valence-electron chi connectivity index (χ4n) is 2.61. The number of benzene rings is 1. The number of rotatable bonds is 2. The Morgan fingerprint density at radius 2 is 2.00 bits per heavy atom. The van der Waals surface area contributed by atoms with Gasteiger partial charge in [-0.3, -0.25) is 0 Å². The highest BCUT2D eigenvalue weighted by molar-refractivity contribution is 5.85. The Hall–Kier alpha value is -2.23. The molecular formula is C15H14N2O2. The van der Waals surface area contributed by atoms with Crippen LogP contribution in [0.3, 0.4) is 0 Å². The summed E-state index contributed by atoms with van der Waals surface area (Å²) >= 11 is 0. The second kappa shape index (κ2) is 4.80. The number of carbonyl (C=O) groups is 1. The van der Waals surface area contributed by atoms with E-state index in [1.54, 1.807) is 0 Å². The Bertz CT molecular complexity index is 625. The summed E-state index contributed by atoms with van der Waals surface area (Å²) in [4.78, 5) is 19.3. The van der Waals surface area contributed by atoms with Gasteiger partial charge in [0.05, 0.1) is 0 Å². The summed E-state index contributed by atoms with van der Waals surface area (Å²) in [5, 5.41) is 8.98. The second-order valence-electron chi connectivity index (χ2n) is 4.81. The van der Waals surface area contributed by atoms with Gasteiger partial charge in [-0.15, -0.1) is 0 Å². The van der Waals surface area contributed by atoms with E-state index in [9.17, 15) is 4.79 Å². The first-order chi connectivity index (χ1) is 9.24. The molecule has 96 valence electrons. The molecule has 1 aliphatic carbocycles. The lowest BCUT2D eigenvalue weighted by molar-refractivity contribution is 0.0689. The van der Waals surface area contributed by atoms with E-state index in [1.807, 2.05) is 6.07 Å². The zero-order chi connectivity index (χ0) is 13.2. The monoisotopic (exact) mass is 254 g/mol. The van der Waals surface area contributed by atoms with Crippen molar-refractivity contribution in [2.45, 2.75) is 25.2 Å². The van der Waals surface area contributed by atoms with Crippen molar-refractivity contribution in [3.63, 3.8) is 0 Å². The number of aromatic carboxylic acids is 1. The number of hydrogen-bond donors (Lipinski definition) is 1. The number of aryl methyl sites for hydroxylation is 1. The van der Waals surface area contributed by atoms with Crippen molar-refractivity contribution in [3.05, 3.63) is 59.2 Å². The van der Waals surface area contributed by atoms with Crippen molar-refractivity contribution in [3.8, 4) is 0 Å². The van der Waals surface area contributed by atoms with Crippen LogP contribution in [0.4, 0.5) is 0 Å². The van der Waals surface area contributed by atoms with Crippen LogP contribution in [0.2, 0.25) is 0 Å². The zero-order valence-electron chi connectivity index (χ0n) is 10.4. The maximum Gasteiger partial charge on any atom is 0.354 e. The van der Waals surface area contributed by atoms with Gasteiger partial charge in [-0.25, -0.2) is 14.8 Å². The molecule has 1 aromatic carbocycles. The summed E-state index contributed by atoms with van der Waals surface area (Å²) in [6.07, 6.45) is 4.40. The molecule has 0 saturated heterocycles. The maximum atomic E-state index is 10.9. The lowest BCUT2D eigenvalue weighted by Crippen LogP contribution is -2.16. The van der Waals surface area contributed by atoms with Crippen LogP contribution in [0.5, 0.6) is 0 Å². The Labute approximate surface area is 111 Å². The van der Waals surface area contributed by atoms with E-state index in [0.29, 0.717) is 5.82 Å². The predicted octanol–water partition coefficient (Wildman–Crippen LogP) is 2.45. The Morgan fingerprint density at radius 1 is 1.21 bits per heavy atom. The van der Waals surface area contributed by atoms with Gasteiger partial charge in [0.15, 0.2) is 5.69 Å². The highest BCUT2D eigenvalue weighted by Gasteiger charge is 2.22. The van der Waals surface area contributed by atoms with Crippen molar-refractivity contribution >= 4 is 5.97 Å². The minimum atomic E-state index is -1.00. The standard InChI is InChI=1S/C15H14N2O2/c18-15(19)13-7-8-16-14(17-13)12-6-5-10-3-1-2-4-11(10)9-12/h1-4,7-8,12H,5-6,9H2,(H,18,19). The number of nitrogens with zero attached hydrogens (tertiary/aromatic N) is 2. The van der Waals surface area contributed by atoms with E-state index in [1.165, 1.54) is 23.4 Å². The zero-order valence-corrected chi connectivity index (χ0v) is 10.4. The molecule has 0 bridgehead atoms. The summed E-state index contributed by atoms with van der Waals surface area (Å²) in [5.74, 6) is -0.136. The van der Waals surface area contributed by atoms with Gasteiger partial charge >= 0.3 is 5.97 Å². The summed E-state index contributed by atoms with van der Waals surface area (Å²) in [5.41, 5.74) is 2.78. The average molecular weight is 254 g/mol. The molecule has 1 aromatic heterocycles. The molecule has 0 spiro atoms. The van der Waals surface area contributed by atoms with Gasteiger partial charge in [0.1, 0.15) is 5.82 Å². The highest BCUT2D eigenvalue weighted by Crippen LogP contribution is 2.30. The molecule has 0 saturated carbocycles. The molecule has 1 atom stereocenters. The van der Waals surface area contributed by atoms with Crippen molar-refractivity contribution in [2.24, 2.45) is 0 Å². The van der Waals surface area contributed by atoms with Gasteiger partial charge in [0.2, 0.25) is 0 Å². The van der Waals surface area contributed by atoms with E-state index in [-0.39, 0.29) is 11.6 Å². The number of aromatic nitrogens is 2. The number of carboxylic acids is 1. The molecule has 2 aromatic rings. The van der Waals surface area contributed by atoms with Crippen molar-refractivity contribution < 1.29 is 9.90 Å². The third-order valence-corrected chi connectivity index (χ3v) is 3.61. The van der Waals surface area contributed by atoms with Crippen LogP contribution in [0.15, 0.2) is 36.5 Å². The van der Waals surface area contributed by atoms with Crippen LogP contribution in [0.25, 0.3) is 0 Å². The molecule has 1 aliphatic rings. The largest absolute Gasteiger partial charge is 0.477 e. The molecule has 3 rings (SSSR count). The van der Waals surface area contributed by atoms with Crippen LogP contribution >= 0.6 is 0 Å². The molecular weight excluding hydrogens is 240 g/mol. The van der Waals surface area contributed by atoms with Gasteiger partial charge in [-0.05, 0) is 36.5 Å². The normalized spacial score (nSPS) is 17.8. The number of carboxylic acid groups (broad SMARTS) is 1. The van der Waals surface area contributed by atoms with Gasteiger partial charge in [-0.1, -0.05) is 24.3 Å². The third-order valence-electron chi connectivity index (χ3n) is 3.61. The van der Waals surface area contributed by atoms with Gasteiger partial charge < -0.3 is 5.11 Å². The van der Waals surface area contributed by atoms with Crippen molar-refractivity contribution in [1.29, 1.82) is 0 Å². The highest BCUT2D eigenvalue weighted by atomic mass is 16.4. The van der Waals surface area contributed by atoms with Crippen LogP contribution in [0.1, 0.15) is 39.8 Å². The SMILES string of the molecule is O=C(O)c1ccnc(C2CCc3ccccc3C2)n1. The van der Waals surface area contributed by atoms with E-state index < -0.39 is 5.97 Å². The molecule has 0 aliphatic heterocycles. The minimum absolute atomic E-state index is 0.0730. The Balaban J connectivity index is 1.89. The Kier molecular flexibility index (Phi) is 2.99. The van der Waals surface area contributed by atoms with Crippen molar-refractivity contribution in [2.75, 3.05) is 0 Å². The molecule has 19 heavy (non-hydrogen) atoms. The van der Waals surface area contributed by atoms with E-state index in [4.69, 9.17) is 5.11 Å². The number of fused-ring (bicyclic) bond motifs is 1. The van der Waals surface area contributed by atoms with Crippen LogP contribution in [-0.2, 0) is 12.8 Å². The first kappa shape index (κ1) is 11.8. The minimum Gasteiger partial charge on any atom is -0.477 e. The lowest BCUT2D eigenvalue weighted by atomic mass is 9.83. The summed E-state index contributed by atoms with van der Waals surface area (Å²) < 4.78 is 0.